The molecule has 120 valence electrons. The molecule has 2 aromatic rings. The van der Waals surface area contributed by atoms with Gasteiger partial charge in [0.25, 0.3) is 0 Å². The quantitative estimate of drug-likeness (QED) is 0.895. The standard InChI is InChI=1S/C17H15ClF2N2O/c18-15-4-2-1-3-14(15)17-8-13(23-22-17)10-21-9-11-5-6-12(19)7-16(11)20/h1-7,13,21H,8-10H2/p+1/t13-/m1/s1. The van der Waals surface area contributed by atoms with Gasteiger partial charge in [-0.25, -0.2) is 8.78 Å². The molecule has 0 aliphatic carbocycles. The first-order valence-electron chi connectivity index (χ1n) is 7.36. The van der Waals surface area contributed by atoms with Gasteiger partial charge in [-0.3, -0.25) is 0 Å². The Bertz CT molecular complexity index is 736. The highest BCUT2D eigenvalue weighted by Crippen LogP contribution is 2.22. The maximum absolute atomic E-state index is 13.6. The Morgan fingerprint density at radius 2 is 2.04 bits per heavy atom. The maximum Gasteiger partial charge on any atom is 0.181 e. The Kier molecular flexibility index (Phi) is 4.88. The van der Waals surface area contributed by atoms with Crippen molar-refractivity contribution in [3.8, 4) is 0 Å². The van der Waals surface area contributed by atoms with Gasteiger partial charge in [0, 0.05) is 28.6 Å². The van der Waals surface area contributed by atoms with Crippen molar-refractivity contribution >= 4 is 17.3 Å². The van der Waals surface area contributed by atoms with Crippen LogP contribution in [0.4, 0.5) is 8.78 Å². The third-order valence-corrected chi connectivity index (χ3v) is 4.06. The number of nitrogens with zero attached hydrogens (tertiary/aromatic N) is 1. The van der Waals surface area contributed by atoms with Crippen LogP contribution in [0.1, 0.15) is 17.5 Å². The van der Waals surface area contributed by atoms with Crippen LogP contribution in [0.5, 0.6) is 0 Å². The van der Waals surface area contributed by atoms with Crippen molar-refractivity contribution in [2.24, 2.45) is 5.16 Å². The summed E-state index contributed by atoms with van der Waals surface area (Å²) in [7, 11) is 0. The van der Waals surface area contributed by atoms with Crippen LogP contribution in [0.15, 0.2) is 47.6 Å². The summed E-state index contributed by atoms with van der Waals surface area (Å²) in [6, 6.07) is 11.1. The number of halogens is 3. The van der Waals surface area contributed by atoms with Gasteiger partial charge in [0.1, 0.15) is 24.7 Å². The van der Waals surface area contributed by atoms with Crippen molar-refractivity contribution in [3.05, 3.63) is 70.2 Å². The molecule has 0 saturated carbocycles. The molecule has 2 N–H and O–H groups in total. The third-order valence-electron chi connectivity index (χ3n) is 3.73. The van der Waals surface area contributed by atoms with E-state index in [1.165, 1.54) is 12.1 Å². The molecule has 0 unspecified atom stereocenters. The molecule has 6 heteroatoms. The van der Waals surface area contributed by atoms with Crippen molar-refractivity contribution in [1.29, 1.82) is 0 Å². The molecule has 3 nitrogen and oxygen atoms in total. The minimum Gasteiger partial charge on any atom is -0.386 e. The smallest absolute Gasteiger partial charge is 0.181 e. The Labute approximate surface area is 137 Å². The fraction of sp³-hybridized carbons (Fsp3) is 0.235. The molecule has 0 bridgehead atoms. The number of nitrogens with two attached hydrogens (primary N) is 1. The van der Waals surface area contributed by atoms with Crippen LogP contribution in [0.3, 0.4) is 0 Å². The summed E-state index contributed by atoms with van der Waals surface area (Å²) in [5.74, 6) is -1.09. The van der Waals surface area contributed by atoms with Gasteiger partial charge in [-0.15, -0.1) is 0 Å². The first-order chi connectivity index (χ1) is 11.1. The highest BCUT2D eigenvalue weighted by atomic mass is 35.5. The predicted molar refractivity (Wildman–Crippen MR) is 84.3 cm³/mol. The van der Waals surface area contributed by atoms with Crippen molar-refractivity contribution < 1.29 is 18.9 Å². The second-order valence-electron chi connectivity index (χ2n) is 5.41. The van der Waals surface area contributed by atoms with E-state index in [1.807, 2.05) is 29.6 Å². The predicted octanol–water partition coefficient (Wildman–Crippen LogP) is 2.87. The molecule has 1 heterocycles. The van der Waals surface area contributed by atoms with Crippen LogP contribution in [0.25, 0.3) is 0 Å². The topological polar surface area (TPSA) is 38.2 Å². The van der Waals surface area contributed by atoms with E-state index < -0.39 is 11.6 Å². The second-order valence-corrected chi connectivity index (χ2v) is 5.82. The first kappa shape index (κ1) is 15.9. The van der Waals surface area contributed by atoms with Gasteiger partial charge in [0.15, 0.2) is 6.10 Å². The van der Waals surface area contributed by atoms with Gasteiger partial charge < -0.3 is 10.2 Å². The van der Waals surface area contributed by atoms with Crippen molar-refractivity contribution in [2.75, 3.05) is 6.54 Å². The highest BCUT2D eigenvalue weighted by Gasteiger charge is 2.24. The van der Waals surface area contributed by atoms with E-state index in [1.54, 1.807) is 0 Å². The number of oxime groups is 1. The summed E-state index contributed by atoms with van der Waals surface area (Å²) in [6.45, 7) is 1.06. The summed E-state index contributed by atoms with van der Waals surface area (Å²) in [4.78, 5) is 5.41. The SMILES string of the molecule is Fc1ccc(C[NH2+]C[C@H]2CC(c3ccccc3Cl)=NO2)c(F)c1. The van der Waals surface area contributed by atoms with Gasteiger partial charge in [0.05, 0.1) is 5.71 Å². The molecule has 0 saturated heterocycles. The molecule has 0 radical (unpaired) electrons. The van der Waals surface area contributed by atoms with Crippen molar-refractivity contribution in [2.45, 2.75) is 19.1 Å². The lowest BCUT2D eigenvalue weighted by Gasteiger charge is -2.08. The maximum atomic E-state index is 13.6. The van der Waals surface area contributed by atoms with E-state index in [0.717, 1.165) is 17.3 Å². The van der Waals surface area contributed by atoms with Gasteiger partial charge in [-0.2, -0.15) is 0 Å². The van der Waals surface area contributed by atoms with Gasteiger partial charge in [-0.05, 0) is 18.2 Å². The zero-order valence-electron chi connectivity index (χ0n) is 12.3. The molecule has 1 atom stereocenters. The van der Waals surface area contributed by atoms with E-state index >= 15 is 0 Å². The van der Waals surface area contributed by atoms with E-state index in [4.69, 9.17) is 16.4 Å². The lowest BCUT2D eigenvalue weighted by molar-refractivity contribution is -0.676. The molecule has 3 rings (SSSR count). The molecule has 0 aromatic heterocycles. The largest absolute Gasteiger partial charge is 0.386 e. The fourth-order valence-corrected chi connectivity index (χ4v) is 2.77. The molecular formula is C17H16ClF2N2O+. The van der Waals surface area contributed by atoms with Gasteiger partial charge in [-0.1, -0.05) is 35.0 Å². The lowest BCUT2D eigenvalue weighted by atomic mass is 10.0. The molecule has 2 aromatic carbocycles. The number of quaternary nitrogens is 1. The third kappa shape index (κ3) is 3.86. The molecule has 1 aliphatic heterocycles. The van der Waals surface area contributed by atoms with E-state index in [-0.39, 0.29) is 6.10 Å². The number of rotatable bonds is 5. The van der Waals surface area contributed by atoms with Crippen LogP contribution in [-0.2, 0) is 11.4 Å². The van der Waals surface area contributed by atoms with Gasteiger partial charge >= 0.3 is 0 Å². The fourth-order valence-electron chi connectivity index (χ4n) is 2.52. The zero-order chi connectivity index (χ0) is 16.2. The number of hydrogen-bond donors (Lipinski definition) is 1. The van der Waals surface area contributed by atoms with E-state index in [9.17, 15) is 8.78 Å². The Morgan fingerprint density at radius 1 is 1.22 bits per heavy atom. The molecule has 1 aliphatic rings. The summed E-state index contributed by atoms with van der Waals surface area (Å²) in [5, 5.41) is 6.66. The normalized spacial score (nSPS) is 17.0. The Hall–Kier alpha value is -1.98. The van der Waals surface area contributed by atoms with Crippen molar-refractivity contribution in [3.63, 3.8) is 0 Å². The minimum atomic E-state index is -0.567. The first-order valence-corrected chi connectivity index (χ1v) is 7.74. The molecular weight excluding hydrogens is 322 g/mol. The lowest BCUT2D eigenvalue weighted by Crippen LogP contribution is -2.84. The Morgan fingerprint density at radius 3 is 2.83 bits per heavy atom. The highest BCUT2D eigenvalue weighted by molar-refractivity contribution is 6.34. The monoisotopic (exact) mass is 337 g/mol. The summed E-state index contributed by atoms with van der Waals surface area (Å²) in [5.41, 5.74) is 2.17. The van der Waals surface area contributed by atoms with Crippen molar-refractivity contribution in [1.82, 2.24) is 0 Å². The number of benzene rings is 2. The summed E-state index contributed by atoms with van der Waals surface area (Å²) in [6.07, 6.45) is 0.580. The molecule has 0 fully saturated rings. The summed E-state index contributed by atoms with van der Waals surface area (Å²) >= 11 is 6.15. The van der Waals surface area contributed by atoms with E-state index in [0.29, 0.717) is 30.1 Å². The molecule has 0 amide bonds. The zero-order valence-corrected chi connectivity index (χ0v) is 13.1. The van der Waals surface area contributed by atoms with Gasteiger partial charge in [0.2, 0.25) is 0 Å². The van der Waals surface area contributed by atoms with Crippen LogP contribution >= 0.6 is 11.6 Å². The van der Waals surface area contributed by atoms with Crippen LogP contribution in [0, 0.1) is 11.6 Å². The Balaban J connectivity index is 1.51. The average molecular weight is 338 g/mol. The second kappa shape index (κ2) is 7.06. The van der Waals surface area contributed by atoms with Crippen LogP contribution in [0.2, 0.25) is 5.02 Å². The average Bonchev–Trinajstić information content (AvgIpc) is 2.98. The minimum absolute atomic E-state index is 0.0789. The molecule has 0 spiro atoms. The summed E-state index contributed by atoms with van der Waals surface area (Å²) < 4.78 is 26.4. The molecule has 23 heavy (non-hydrogen) atoms. The number of hydrogen-bond acceptors (Lipinski definition) is 2. The van der Waals surface area contributed by atoms with Crippen LogP contribution in [-0.4, -0.2) is 18.4 Å². The van der Waals surface area contributed by atoms with Crippen LogP contribution < -0.4 is 5.32 Å². The van der Waals surface area contributed by atoms with E-state index in [2.05, 4.69) is 5.16 Å².